The number of aromatic nitrogens is 1. The van der Waals surface area contributed by atoms with Crippen LogP contribution in [-0.4, -0.2) is 11.2 Å². The molecular formula is C20H15N3. The minimum absolute atomic E-state index is 0.902. The molecule has 4 rings (SSSR count). The SMILES string of the molecule is C(=N\Nc1cccc2cccnc12)/c1cccc2ccccc12. The molecule has 1 heterocycles. The topological polar surface area (TPSA) is 37.3 Å². The van der Waals surface area contributed by atoms with Gasteiger partial charge >= 0.3 is 0 Å². The van der Waals surface area contributed by atoms with Gasteiger partial charge in [-0.1, -0.05) is 60.7 Å². The zero-order valence-electron chi connectivity index (χ0n) is 12.5. The highest BCUT2D eigenvalue weighted by atomic mass is 15.3. The second kappa shape index (κ2) is 5.89. The summed E-state index contributed by atoms with van der Waals surface area (Å²) in [6.45, 7) is 0. The summed E-state index contributed by atoms with van der Waals surface area (Å²) in [5.41, 5.74) is 6.02. The molecule has 1 aromatic heterocycles. The third-order valence-corrected chi connectivity index (χ3v) is 3.84. The van der Waals surface area contributed by atoms with Gasteiger partial charge in [0, 0.05) is 17.1 Å². The van der Waals surface area contributed by atoms with Crippen molar-refractivity contribution in [3.63, 3.8) is 0 Å². The lowest BCUT2D eigenvalue weighted by atomic mass is 10.1. The fraction of sp³-hybridized carbons (Fsp3) is 0. The van der Waals surface area contributed by atoms with Crippen LogP contribution in [0.4, 0.5) is 5.69 Å². The number of para-hydroxylation sites is 1. The zero-order chi connectivity index (χ0) is 15.5. The molecule has 0 aliphatic rings. The molecule has 3 aromatic carbocycles. The van der Waals surface area contributed by atoms with Gasteiger partial charge in [-0.3, -0.25) is 10.4 Å². The molecule has 1 N–H and O–H groups in total. The summed E-state index contributed by atoms with van der Waals surface area (Å²) in [7, 11) is 0. The van der Waals surface area contributed by atoms with E-state index in [1.165, 1.54) is 10.8 Å². The van der Waals surface area contributed by atoms with Crippen molar-refractivity contribution in [2.75, 3.05) is 5.43 Å². The fourth-order valence-corrected chi connectivity index (χ4v) is 2.73. The van der Waals surface area contributed by atoms with Gasteiger partial charge in [-0.25, -0.2) is 0 Å². The van der Waals surface area contributed by atoms with Crippen LogP contribution in [0.2, 0.25) is 0 Å². The van der Waals surface area contributed by atoms with Crippen LogP contribution >= 0.6 is 0 Å². The van der Waals surface area contributed by atoms with Gasteiger partial charge < -0.3 is 0 Å². The molecule has 0 bridgehead atoms. The van der Waals surface area contributed by atoms with E-state index in [0.717, 1.165) is 22.2 Å². The van der Waals surface area contributed by atoms with Crippen molar-refractivity contribution < 1.29 is 0 Å². The Hall–Kier alpha value is -3.20. The average molecular weight is 297 g/mol. The standard InChI is InChI=1S/C20H15N3/c1-2-11-18-15(6-1)7-3-9-17(18)14-22-23-19-12-4-8-16-10-5-13-21-20(16)19/h1-14,23H/b22-14+. The zero-order valence-corrected chi connectivity index (χ0v) is 12.5. The number of pyridine rings is 1. The van der Waals surface area contributed by atoms with Crippen LogP contribution in [0, 0.1) is 0 Å². The van der Waals surface area contributed by atoms with E-state index in [0.29, 0.717) is 0 Å². The van der Waals surface area contributed by atoms with Gasteiger partial charge in [0.05, 0.1) is 17.4 Å². The molecule has 110 valence electrons. The van der Waals surface area contributed by atoms with Crippen molar-refractivity contribution in [1.29, 1.82) is 0 Å². The summed E-state index contributed by atoms with van der Waals surface area (Å²) < 4.78 is 0. The molecule has 3 nitrogen and oxygen atoms in total. The Morgan fingerprint density at radius 1 is 0.783 bits per heavy atom. The summed E-state index contributed by atoms with van der Waals surface area (Å²) in [4.78, 5) is 4.42. The van der Waals surface area contributed by atoms with Crippen molar-refractivity contribution in [2.24, 2.45) is 5.10 Å². The number of benzene rings is 3. The summed E-state index contributed by atoms with van der Waals surface area (Å²) in [5.74, 6) is 0. The maximum atomic E-state index is 4.42. The normalized spacial score (nSPS) is 11.3. The van der Waals surface area contributed by atoms with Crippen LogP contribution in [0.15, 0.2) is 84.1 Å². The predicted octanol–water partition coefficient (Wildman–Crippen LogP) is 4.83. The molecule has 0 spiro atoms. The molecule has 0 atom stereocenters. The molecule has 3 heteroatoms. The largest absolute Gasteiger partial charge is 0.276 e. The van der Waals surface area contributed by atoms with E-state index in [-0.39, 0.29) is 0 Å². The Kier molecular flexibility index (Phi) is 3.45. The van der Waals surface area contributed by atoms with Crippen LogP contribution in [0.3, 0.4) is 0 Å². The first-order chi connectivity index (χ1) is 11.4. The van der Waals surface area contributed by atoms with E-state index < -0.39 is 0 Å². The highest BCUT2D eigenvalue weighted by Crippen LogP contribution is 2.21. The van der Waals surface area contributed by atoms with Crippen LogP contribution in [0.1, 0.15) is 5.56 Å². The van der Waals surface area contributed by atoms with Crippen molar-refractivity contribution >= 4 is 33.6 Å². The monoisotopic (exact) mass is 297 g/mol. The minimum Gasteiger partial charge on any atom is -0.276 e. The molecule has 4 aromatic rings. The smallest absolute Gasteiger partial charge is 0.0951 e. The summed E-state index contributed by atoms with van der Waals surface area (Å²) in [5, 5.41) is 7.90. The summed E-state index contributed by atoms with van der Waals surface area (Å²) in [6.07, 6.45) is 3.64. The van der Waals surface area contributed by atoms with Gasteiger partial charge in [0.1, 0.15) is 0 Å². The number of hydrazone groups is 1. The number of nitrogens with zero attached hydrogens (tertiary/aromatic N) is 2. The lowest BCUT2D eigenvalue weighted by Gasteiger charge is -2.05. The Bertz CT molecular complexity index is 995. The van der Waals surface area contributed by atoms with Crippen molar-refractivity contribution in [3.8, 4) is 0 Å². The number of hydrogen-bond donors (Lipinski definition) is 1. The van der Waals surface area contributed by atoms with Gasteiger partial charge in [-0.2, -0.15) is 5.10 Å². The highest BCUT2D eigenvalue weighted by Gasteiger charge is 2.00. The maximum absolute atomic E-state index is 4.42. The lowest BCUT2D eigenvalue weighted by Crippen LogP contribution is -1.93. The molecule has 0 fully saturated rings. The van der Waals surface area contributed by atoms with Gasteiger partial charge in [0.25, 0.3) is 0 Å². The molecule has 0 unspecified atom stereocenters. The first-order valence-electron chi connectivity index (χ1n) is 7.52. The fourth-order valence-electron chi connectivity index (χ4n) is 2.73. The van der Waals surface area contributed by atoms with E-state index in [1.54, 1.807) is 6.20 Å². The van der Waals surface area contributed by atoms with Crippen LogP contribution < -0.4 is 5.43 Å². The number of rotatable bonds is 3. The highest BCUT2D eigenvalue weighted by molar-refractivity contribution is 6.00. The summed E-state index contributed by atoms with van der Waals surface area (Å²) >= 11 is 0. The molecule has 0 amide bonds. The molecule has 0 aliphatic heterocycles. The number of hydrogen-bond acceptors (Lipinski definition) is 3. The van der Waals surface area contributed by atoms with Gasteiger partial charge in [-0.05, 0) is 22.9 Å². The van der Waals surface area contributed by atoms with Crippen molar-refractivity contribution in [1.82, 2.24) is 4.98 Å². The number of nitrogens with one attached hydrogen (secondary N) is 1. The Morgan fingerprint density at radius 3 is 2.57 bits per heavy atom. The molecule has 0 saturated carbocycles. The quantitative estimate of drug-likeness (QED) is 0.434. The Balaban J connectivity index is 1.66. The third-order valence-electron chi connectivity index (χ3n) is 3.84. The van der Waals surface area contributed by atoms with Crippen LogP contribution in [0.5, 0.6) is 0 Å². The van der Waals surface area contributed by atoms with E-state index in [1.807, 2.05) is 54.7 Å². The lowest BCUT2D eigenvalue weighted by molar-refractivity contribution is 1.33. The van der Waals surface area contributed by atoms with Crippen LogP contribution in [0.25, 0.3) is 21.7 Å². The first-order valence-corrected chi connectivity index (χ1v) is 7.52. The summed E-state index contributed by atoms with van der Waals surface area (Å²) in [6, 6.07) is 24.5. The van der Waals surface area contributed by atoms with Gasteiger partial charge in [0.15, 0.2) is 0 Å². The molecule has 0 radical (unpaired) electrons. The van der Waals surface area contributed by atoms with E-state index in [9.17, 15) is 0 Å². The maximum Gasteiger partial charge on any atom is 0.0951 e. The Labute approximate surface area is 134 Å². The average Bonchev–Trinajstić information content (AvgIpc) is 2.62. The van der Waals surface area contributed by atoms with Crippen LogP contribution in [-0.2, 0) is 0 Å². The number of fused-ring (bicyclic) bond motifs is 2. The minimum atomic E-state index is 0.902. The van der Waals surface area contributed by atoms with Crippen molar-refractivity contribution in [2.45, 2.75) is 0 Å². The number of anilines is 1. The molecular weight excluding hydrogens is 282 g/mol. The van der Waals surface area contributed by atoms with E-state index in [4.69, 9.17) is 0 Å². The molecule has 0 aliphatic carbocycles. The molecule has 0 saturated heterocycles. The molecule has 23 heavy (non-hydrogen) atoms. The van der Waals surface area contributed by atoms with Crippen molar-refractivity contribution in [3.05, 3.63) is 84.6 Å². The van der Waals surface area contributed by atoms with E-state index in [2.05, 4.69) is 39.8 Å². The van der Waals surface area contributed by atoms with Gasteiger partial charge in [0.2, 0.25) is 0 Å². The second-order valence-corrected chi connectivity index (χ2v) is 5.32. The third kappa shape index (κ3) is 2.64. The second-order valence-electron chi connectivity index (χ2n) is 5.32. The predicted molar refractivity (Wildman–Crippen MR) is 96.9 cm³/mol. The Morgan fingerprint density at radius 2 is 1.57 bits per heavy atom. The van der Waals surface area contributed by atoms with E-state index >= 15 is 0 Å². The first kappa shape index (κ1) is 13.5. The van der Waals surface area contributed by atoms with Gasteiger partial charge in [-0.15, -0.1) is 0 Å².